The molecule has 1 aromatic heterocycles. The number of hydrogen-bond acceptors (Lipinski definition) is 5. The van der Waals surface area contributed by atoms with E-state index in [1.165, 1.54) is 6.92 Å². The number of anilines is 1. The Morgan fingerprint density at radius 2 is 1.72 bits per heavy atom. The maximum Gasteiger partial charge on any atom is 0.326 e. The summed E-state index contributed by atoms with van der Waals surface area (Å²) in [6, 6.07) is -2.34. The molecule has 3 heterocycles. The first-order chi connectivity index (χ1) is 16.8. The quantitative estimate of drug-likeness (QED) is 0.505. The Bertz CT molecular complexity index is 1490. The van der Waals surface area contributed by atoms with Gasteiger partial charge in [0.05, 0.1) is 23.2 Å². The molecule has 2 aliphatic rings. The molecule has 0 unspecified atom stereocenters. The second-order valence-corrected chi connectivity index (χ2v) is 10.4. The number of hydrogen-bond donors (Lipinski definition) is 1. The number of carbonyl (C=O) groups is 1. The van der Waals surface area contributed by atoms with Crippen molar-refractivity contribution < 1.29 is 44.1 Å². The fraction of sp³-hybridized carbons (Fsp3) is 0.333. The second-order valence-electron chi connectivity index (χ2n) is 8.39. The van der Waals surface area contributed by atoms with Crippen molar-refractivity contribution in [2.75, 3.05) is 23.7 Å². The molecule has 2 aliphatic heterocycles. The summed E-state index contributed by atoms with van der Waals surface area (Å²) in [6.07, 6.45) is 0. The Balaban J connectivity index is 1.58. The van der Waals surface area contributed by atoms with Crippen LogP contribution in [-0.4, -0.2) is 61.4 Å². The van der Waals surface area contributed by atoms with Gasteiger partial charge in [0.25, 0.3) is 5.92 Å². The molecular formula is C21H16F6N4O4S. The van der Waals surface area contributed by atoms with Crippen LogP contribution in [-0.2, 0) is 10.0 Å². The van der Waals surface area contributed by atoms with E-state index in [0.717, 1.165) is 15.9 Å². The second kappa shape index (κ2) is 8.09. The van der Waals surface area contributed by atoms with Gasteiger partial charge < -0.3 is 9.42 Å². The number of nitrogens with zero attached hydrogens (tertiary/aromatic N) is 3. The SMILES string of the molecule is CCS(=O)(=O)N[C@@H]1CN2C(=O)N(c3noc4cc(F)cc(-c5c(F)cc(F)cc5F)c34)C[C@@H]2C1(F)F. The highest BCUT2D eigenvalue weighted by Gasteiger charge is 2.63. The smallest absolute Gasteiger partial charge is 0.326 e. The molecule has 192 valence electrons. The highest BCUT2D eigenvalue weighted by molar-refractivity contribution is 7.89. The molecule has 2 amide bonds. The number of nitrogens with one attached hydrogen (secondary N) is 1. The number of rotatable bonds is 5. The first kappa shape index (κ1) is 24.4. The summed E-state index contributed by atoms with van der Waals surface area (Å²) < 4.78 is 118. The van der Waals surface area contributed by atoms with Crippen LogP contribution in [0.25, 0.3) is 22.1 Å². The molecule has 0 spiro atoms. The Hall–Kier alpha value is -3.33. The van der Waals surface area contributed by atoms with Crippen LogP contribution in [0.4, 0.5) is 37.0 Å². The van der Waals surface area contributed by atoms with E-state index in [0.29, 0.717) is 18.2 Å². The van der Waals surface area contributed by atoms with Gasteiger partial charge in [-0.15, -0.1) is 0 Å². The highest BCUT2D eigenvalue weighted by atomic mass is 32.2. The van der Waals surface area contributed by atoms with E-state index in [1.807, 2.05) is 4.72 Å². The molecular weight excluding hydrogens is 518 g/mol. The number of benzene rings is 2. The summed E-state index contributed by atoms with van der Waals surface area (Å²) in [5.41, 5.74) is -1.66. The predicted molar refractivity (Wildman–Crippen MR) is 114 cm³/mol. The van der Waals surface area contributed by atoms with Crippen molar-refractivity contribution in [1.29, 1.82) is 0 Å². The molecule has 5 rings (SSSR count). The molecule has 0 bridgehead atoms. The first-order valence-electron chi connectivity index (χ1n) is 10.5. The van der Waals surface area contributed by atoms with E-state index < -0.39 is 93.1 Å². The number of aromatic nitrogens is 1. The van der Waals surface area contributed by atoms with Crippen molar-refractivity contribution in [2.24, 2.45) is 0 Å². The van der Waals surface area contributed by atoms with Gasteiger partial charge in [-0.1, -0.05) is 5.16 Å². The maximum atomic E-state index is 15.1. The normalized spacial score (nSPS) is 21.6. The monoisotopic (exact) mass is 534 g/mol. The Kier molecular flexibility index (Phi) is 5.48. The lowest BCUT2D eigenvalue weighted by atomic mass is 9.99. The van der Waals surface area contributed by atoms with Crippen LogP contribution in [0, 0.1) is 23.3 Å². The molecule has 0 aliphatic carbocycles. The van der Waals surface area contributed by atoms with E-state index in [-0.39, 0.29) is 11.0 Å². The lowest BCUT2D eigenvalue weighted by Gasteiger charge is -2.23. The van der Waals surface area contributed by atoms with Crippen LogP contribution in [0.3, 0.4) is 0 Å². The van der Waals surface area contributed by atoms with E-state index in [9.17, 15) is 30.8 Å². The minimum absolute atomic E-state index is 0.262. The summed E-state index contributed by atoms with van der Waals surface area (Å²) in [5.74, 6) is -9.49. The minimum Gasteiger partial charge on any atom is -0.354 e. The van der Waals surface area contributed by atoms with Gasteiger partial charge in [0.1, 0.15) is 35.4 Å². The van der Waals surface area contributed by atoms with Gasteiger partial charge in [-0.3, -0.25) is 4.90 Å². The fourth-order valence-electron chi connectivity index (χ4n) is 4.52. The van der Waals surface area contributed by atoms with Crippen molar-refractivity contribution in [3.05, 3.63) is 47.5 Å². The molecule has 2 atom stereocenters. The van der Waals surface area contributed by atoms with E-state index >= 15 is 8.78 Å². The van der Waals surface area contributed by atoms with Crippen molar-refractivity contribution >= 4 is 32.8 Å². The lowest BCUT2D eigenvalue weighted by Crippen LogP contribution is -2.51. The highest BCUT2D eigenvalue weighted by Crippen LogP contribution is 2.44. The summed E-state index contributed by atoms with van der Waals surface area (Å²) >= 11 is 0. The van der Waals surface area contributed by atoms with Crippen molar-refractivity contribution in [1.82, 2.24) is 14.8 Å². The molecule has 3 aromatic rings. The predicted octanol–water partition coefficient (Wildman–Crippen LogP) is 3.62. The van der Waals surface area contributed by atoms with Crippen LogP contribution in [0.1, 0.15) is 6.92 Å². The van der Waals surface area contributed by atoms with Gasteiger partial charge in [0, 0.05) is 30.3 Å². The Labute approximate surface area is 199 Å². The van der Waals surface area contributed by atoms with E-state index in [2.05, 4.69) is 5.16 Å². The zero-order chi connectivity index (χ0) is 26.2. The molecule has 15 heteroatoms. The molecule has 2 fully saturated rings. The molecule has 1 N–H and O–H groups in total. The summed E-state index contributed by atoms with van der Waals surface area (Å²) in [7, 11) is -4.00. The summed E-state index contributed by atoms with van der Waals surface area (Å²) in [6.45, 7) is -0.0555. The number of sulfonamides is 1. The Morgan fingerprint density at radius 1 is 1.08 bits per heavy atom. The van der Waals surface area contributed by atoms with E-state index in [4.69, 9.17) is 4.52 Å². The van der Waals surface area contributed by atoms with Crippen LogP contribution < -0.4 is 9.62 Å². The largest absolute Gasteiger partial charge is 0.354 e. The van der Waals surface area contributed by atoms with Gasteiger partial charge in [-0.05, 0) is 13.0 Å². The molecule has 0 saturated carbocycles. The molecule has 0 radical (unpaired) electrons. The molecule has 8 nitrogen and oxygen atoms in total. The topological polar surface area (TPSA) is 95.8 Å². The fourth-order valence-corrected chi connectivity index (χ4v) is 5.35. The van der Waals surface area contributed by atoms with E-state index in [1.54, 1.807) is 0 Å². The number of alkyl halides is 2. The number of carbonyl (C=O) groups excluding carboxylic acids is 1. The third kappa shape index (κ3) is 3.68. The minimum atomic E-state index is -4.00. The Morgan fingerprint density at radius 3 is 2.33 bits per heavy atom. The average molecular weight is 534 g/mol. The van der Waals surface area contributed by atoms with Crippen LogP contribution in [0.5, 0.6) is 0 Å². The van der Waals surface area contributed by atoms with Crippen LogP contribution in [0.2, 0.25) is 0 Å². The summed E-state index contributed by atoms with van der Waals surface area (Å²) in [4.78, 5) is 14.6. The zero-order valence-corrected chi connectivity index (χ0v) is 19.1. The number of halogens is 6. The number of amides is 2. The van der Waals surface area contributed by atoms with Gasteiger partial charge in [-0.25, -0.2) is 44.3 Å². The standard InChI is InChI=1S/C21H16F6N4O4S/c1-2-36(33,34)29-15-7-30-16(21(15,26)27)8-31(20(30)32)19-18-11(3-9(22)6-14(18)35-28-19)17-12(24)4-10(23)5-13(17)25/h3-6,15-16,29H,2,7-8H2,1H3/t15-,16-/m1/s1. The summed E-state index contributed by atoms with van der Waals surface area (Å²) in [5, 5.41) is 3.40. The molecule has 2 aromatic carbocycles. The van der Waals surface area contributed by atoms with Gasteiger partial charge in [-0.2, -0.15) is 0 Å². The maximum absolute atomic E-state index is 15.1. The van der Waals surface area contributed by atoms with Crippen LogP contribution >= 0.6 is 0 Å². The third-order valence-corrected chi connectivity index (χ3v) is 7.65. The lowest BCUT2D eigenvalue weighted by molar-refractivity contribution is -0.0324. The number of urea groups is 1. The van der Waals surface area contributed by atoms with Crippen molar-refractivity contribution in [3.8, 4) is 11.1 Å². The van der Waals surface area contributed by atoms with Gasteiger partial charge in [0.2, 0.25) is 10.0 Å². The van der Waals surface area contributed by atoms with Crippen molar-refractivity contribution in [3.63, 3.8) is 0 Å². The van der Waals surface area contributed by atoms with Gasteiger partial charge in [0.15, 0.2) is 11.4 Å². The van der Waals surface area contributed by atoms with Gasteiger partial charge >= 0.3 is 6.03 Å². The zero-order valence-electron chi connectivity index (χ0n) is 18.2. The molecule has 36 heavy (non-hydrogen) atoms. The first-order valence-corrected chi connectivity index (χ1v) is 12.2. The van der Waals surface area contributed by atoms with Crippen molar-refractivity contribution in [2.45, 2.75) is 24.9 Å². The third-order valence-electron chi connectivity index (χ3n) is 6.25. The average Bonchev–Trinajstić information content (AvgIpc) is 3.40. The molecule has 2 saturated heterocycles. The van der Waals surface area contributed by atoms with Crippen LogP contribution in [0.15, 0.2) is 28.8 Å². The number of fused-ring (bicyclic) bond motifs is 2.